The summed E-state index contributed by atoms with van der Waals surface area (Å²) in [4.78, 5) is 25.9. The monoisotopic (exact) mass is 372 g/mol. The highest BCUT2D eigenvalue weighted by Crippen LogP contribution is 2.28. The number of ether oxygens (including phenoxy) is 1. The Morgan fingerprint density at radius 1 is 1.30 bits per heavy atom. The third-order valence-corrected chi connectivity index (χ3v) is 4.52. The molecular weight excluding hydrogens is 348 g/mol. The standard InChI is InChI=1S/C19H24N4O4/c1-12(2)27-17-11-14(3-4-15(17)18(20)24)21-19(25)23-8-5-13(6-9-23)16-7-10-26-22-16/h3-4,7,10-13H,5-6,8-9H2,1-2H3,(H2,20,24)(H,21,25). The lowest BCUT2D eigenvalue weighted by atomic mass is 9.94. The lowest BCUT2D eigenvalue weighted by Crippen LogP contribution is -2.40. The second-order valence-electron chi connectivity index (χ2n) is 6.86. The number of nitrogens with two attached hydrogens (primary N) is 1. The topological polar surface area (TPSA) is 111 Å². The number of urea groups is 1. The van der Waals surface area contributed by atoms with Crippen LogP contribution in [0.2, 0.25) is 0 Å². The fourth-order valence-corrected chi connectivity index (χ4v) is 3.17. The maximum Gasteiger partial charge on any atom is 0.321 e. The first-order valence-corrected chi connectivity index (χ1v) is 9.00. The fourth-order valence-electron chi connectivity index (χ4n) is 3.17. The van der Waals surface area contributed by atoms with Gasteiger partial charge in [-0.3, -0.25) is 4.79 Å². The summed E-state index contributed by atoms with van der Waals surface area (Å²) in [5.74, 6) is 0.104. The van der Waals surface area contributed by atoms with Gasteiger partial charge in [-0.1, -0.05) is 5.16 Å². The summed E-state index contributed by atoms with van der Waals surface area (Å²) in [6, 6.07) is 6.52. The van der Waals surface area contributed by atoms with Crippen LogP contribution in [0.1, 0.15) is 48.7 Å². The Kier molecular flexibility index (Phi) is 5.63. The van der Waals surface area contributed by atoms with Gasteiger partial charge in [0, 0.05) is 36.8 Å². The number of aromatic nitrogens is 1. The number of hydrogen-bond donors (Lipinski definition) is 2. The van der Waals surface area contributed by atoms with Gasteiger partial charge in [0.15, 0.2) is 0 Å². The molecule has 0 atom stereocenters. The number of amides is 3. The van der Waals surface area contributed by atoms with Crippen molar-refractivity contribution in [2.24, 2.45) is 5.73 Å². The molecule has 0 radical (unpaired) electrons. The Balaban J connectivity index is 1.63. The number of rotatable bonds is 5. The van der Waals surface area contributed by atoms with Gasteiger partial charge in [-0.05, 0) is 38.8 Å². The van der Waals surface area contributed by atoms with E-state index in [2.05, 4.69) is 10.5 Å². The van der Waals surface area contributed by atoms with Crippen molar-refractivity contribution >= 4 is 17.6 Å². The molecule has 0 aliphatic carbocycles. The maximum absolute atomic E-state index is 12.6. The zero-order valence-electron chi connectivity index (χ0n) is 15.5. The summed E-state index contributed by atoms with van der Waals surface area (Å²) in [5.41, 5.74) is 7.17. The molecule has 3 N–H and O–H groups in total. The average molecular weight is 372 g/mol. The van der Waals surface area contributed by atoms with Gasteiger partial charge in [0.25, 0.3) is 5.91 Å². The van der Waals surface area contributed by atoms with Gasteiger partial charge in [0.1, 0.15) is 12.0 Å². The van der Waals surface area contributed by atoms with Crippen molar-refractivity contribution in [3.05, 3.63) is 41.8 Å². The van der Waals surface area contributed by atoms with Crippen LogP contribution >= 0.6 is 0 Å². The minimum atomic E-state index is -0.571. The Morgan fingerprint density at radius 2 is 2.04 bits per heavy atom. The van der Waals surface area contributed by atoms with E-state index in [0.29, 0.717) is 30.4 Å². The van der Waals surface area contributed by atoms with Gasteiger partial charge in [-0.2, -0.15) is 0 Å². The summed E-state index contributed by atoms with van der Waals surface area (Å²) in [5, 5.41) is 6.85. The van der Waals surface area contributed by atoms with Crippen molar-refractivity contribution in [2.45, 2.75) is 38.7 Å². The van der Waals surface area contributed by atoms with Crippen LogP contribution in [-0.2, 0) is 0 Å². The van der Waals surface area contributed by atoms with Crippen molar-refractivity contribution in [3.8, 4) is 5.75 Å². The lowest BCUT2D eigenvalue weighted by Gasteiger charge is -2.31. The first kappa shape index (κ1) is 18.8. The Hall–Kier alpha value is -3.03. The summed E-state index contributed by atoms with van der Waals surface area (Å²) >= 11 is 0. The number of hydrogen-bond acceptors (Lipinski definition) is 5. The number of likely N-dealkylation sites (tertiary alicyclic amines) is 1. The Bertz CT molecular complexity index is 796. The van der Waals surface area contributed by atoms with Crippen molar-refractivity contribution in [1.29, 1.82) is 0 Å². The molecule has 144 valence electrons. The molecule has 1 fully saturated rings. The molecule has 27 heavy (non-hydrogen) atoms. The van der Waals surface area contributed by atoms with E-state index in [1.165, 1.54) is 0 Å². The van der Waals surface area contributed by atoms with Crippen LogP contribution in [0.15, 0.2) is 35.1 Å². The number of carbonyl (C=O) groups is 2. The highest BCUT2D eigenvalue weighted by atomic mass is 16.5. The number of nitrogens with zero attached hydrogens (tertiary/aromatic N) is 2. The third-order valence-electron chi connectivity index (χ3n) is 4.52. The van der Waals surface area contributed by atoms with Gasteiger partial charge >= 0.3 is 6.03 Å². The number of primary amides is 1. The highest BCUT2D eigenvalue weighted by molar-refractivity contribution is 5.97. The normalized spacial score (nSPS) is 15.0. The minimum absolute atomic E-state index is 0.121. The number of nitrogens with one attached hydrogen (secondary N) is 1. The van der Waals surface area contributed by atoms with Crippen LogP contribution < -0.4 is 15.8 Å². The summed E-state index contributed by atoms with van der Waals surface area (Å²) < 4.78 is 10.5. The van der Waals surface area contributed by atoms with E-state index in [-0.39, 0.29) is 17.7 Å². The maximum atomic E-state index is 12.6. The molecule has 3 amide bonds. The van der Waals surface area contributed by atoms with Crippen LogP contribution in [0.3, 0.4) is 0 Å². The molecule has 1 aromatic carbocycles. The zero-order valence-corrected chi connectivity index (χ0v) is 15.5. The molecule has 0 saturated carbocycles. The molecule has 1 aliphatic rings. The van der Waals surface area contributed by atoms with Gasteiger partial charge in [0.05, 0.1) is 17.4 Å². The predicted octanol–water partition coefficient (Wildman–Crippen LogP) is 2.97. The molecule has 1 aromatic heterocycles. The van der Waals surface area contributed by atoms with Crippen molar-refractivity contribution in [3.63, 3.8) is 0 Å². The predicted molar refractivity (Wildman–Crippen MR) is 99.8 cm³/mol. The quantitative estimate of drug-likeness (QED) is 0.838. The number of anilines is 1. The summed E-state index contributed by atoms with van der Waals surface area (Å²) in [7, 11) is 0. The number of carbonyl (C=O) groups excluding carboxylic acids is 2. The van der Waals surface area contributed by atoms with Crippen molar-refractivity contribution in [1.82, 2.24) is 10.1 Å². The lowest BCUT2D eigenvalue weighted by molar-refractivity contribution is 0.0994. The van der Waals surface area contributed by atoms with Gasteiger partial charge in [-0.25, -0.2) is 4.79 Å². The second kappa shape index (κ2) is 8.11. The average Bonchev–Trinajstić information content (AvgIpc) is 3.16. The number of piperidine rings is 1. The first-order valence-electron chi connectivity index (χ1n) is 9.00. The molecule has 0 spiro atoms. The summed E-state index contributed by atoms with van der Waals surface area (Å²) in [6.45, 7) is 4.99. The van der Waals surface area contributed by atoms with E-state index >= 15 is 0 Å². The third kappa shape index (κ3) is 4.58. The zero-order chi connectivity index (χ0) is 19.4. The van der Waals surface area contributed by atoms with Gasteiger partial charge < -0.3 is 25.2 Å². The SMILES string of the molecule is CC(C)Oc1cc(NC(=O)N2CCC(c3ccon3)CC2)ccc1C(N)=O. The van der Waals surface area contributed by atoms with Gasteiger partial charge in [0.2, 0.25) is 0 Å². The molecule has 2 aromatic rings. The Morgan fingerprint density at radius 3 is 2.63 bits per heavy atom. The molecule has 1 saturated heterocycles. The van der Waals surface area contributed by atoms with Crippen LogP contribution in [-0.4, -0.2) is 41.2 Å². The largest absolute Gasteiger partial charge is 0.490 e. The molecule has 1 aliphatic heterocycles. The molecular formula is C19H24N4O4. The molecule has 2 heterocycles. The van der Waals surface area contributed by atoms with Crippen molar-refractivity contribution in [2.75, 3.05) is 18.4 Å². The first-order chi connectivity index (χ1) is 12.9. The van der Waals surface area contributed by atoms with E-state index in [4.69, 9.17) is 15.0 Å². The van der Waals surface area contributed by atoms with Crippen LogP contribution in [0, 0.1) is 0 Å². The molecule has 0 unspecified atom stereocenters. The Labute approximate surface area is 157 Å². The van der Waals surface area contributed by atoms with Crippen LogP contribution in [0.25, 0.3) is 0 Å². The van der Waals surface area contributed by atoms with E-state index in [1.807, 2.05) is 19.9 Å². The summed E-state index contributed by atoms with van der Waals surface area (Å²) in [6.07, 6.45) is 3.12. The molecule has 3 rings (SSSR count). The molecule has 8 nitrogen and oxygen atoms in total. The fraction of sp³-hybridized carbons (Fsp3) is 0.421. The molecule has 8 heteroatoms. The molecule has 0 bridgehead atoms. The van der Waals surface area contributed by atoms with Gasteiger partial charge in [-0.15, -0.1) is 0 Å². The van der Waals surface area contributed by atoms with E-state index < -0.39 is 5.91 Å². The van der Waals surface area contributed by atoms with Crippen LogP contribution in [0.4, 0.5) is 10.5 Å². The minimum Gasteiger partial charge on any atom is -0.490 e. The van der Waals surface area contributed by atoms with Crippen molar-refractivity contribution < 1.29 is 18.8 Å². The highest BCUT2D eigenvalue weighted by Gasteiger charge is 2.25. The van der Waals surface area contributed by atoms with E-state index in [0.717, 1.165) is 18.5 Å². The van der Waals surface area contributed by atoms with Crippen LogP contribution in [0.5, 0.6) is 5.75 Å². The smallest absolute Gasteiger partial charge is 0.321 e. The van der Waals surface area contributed by atoms with E-state index in [9.17, 15) is 9.59 Å². The van der Waals surface area contributed by atoms with E-state index in [1.54, 1.807) is 29.4 Å². The number of benzene rings is 1. The second-order valence-corrected chi connectivity index (χ2v) is 6.86.